The Bertz CT molecular complexity index is 537. The monoisotopic (exact) mass is 421 g/mol. The number of nitrogens with zero attached hydrogens (tertiary/aromatic N) is 1. The van der Waals surface area contributed by atoms with Crippen LogP contribution in [0.25, 0.3) is 0 Å². The Labute approximate surface area is 148 Å². The Morgan fingerprint density at radius 1 is 1.36 bits per heavy atom. The van der Waals surface area contributed by atoms with E-state index in [9.17, 15) is 4.39 Å². The van der Waals surface area contributed by atoms with E-state index in [1.54, 1.807) is 12.1 Å². The topological polar surface area (TPSA) is 59.6 Å². The summed E-state index contributed by atoms with van der Waals surface area (Å²) in [5.41, 5.74) is 6.79. The maximum absolute atomic E-state index is 13.7. The molecule has 0 radical (unpaired) electrons. The molecule has 2 rings (SSSR count). The summed E-state index contributed by atoms with van der Waals surface area (Å²) in [7, 11) is 1.47. The number of methoxy groups -OCH3 is 1. The largest absolute Gasteiger partial charge is 0.494 e. The van der Waals surface area contributed by atoms with Crippen LogP contribution in [0.2, 0.25) is 0 Å². The van der Waals surface area contributed by atoms with E-state index in [0.717, 1.165) is 18.4 Å². The van der Waals surface area contributed by atoms with E-state index in [4.69, 9.17) is 10.5 Å². The lowest BCUT2D eigenvalue weighted by atomic mass is 9.76. The number of halogens is 2. The van der Waals surface area contributed by atoms with Gasteiger partial charge in [0.1, 0.15) is 0 Å². The average Bonchev–Trinajstić information content (AvgIpc) is 2.31. The van der Waals surface area contributed by atoms with Crippen LogP contribution < -0.4 is 15.8 Å². The normalized spacial score (nSPS) is 21.6. The Morgan fingerprint density at radius 3 is 2.50 bits per heavy atom. The third-order valence-corrected chi connectivity index (χ3v) is 3.59. The number of benzene rings is 1. The van der Waals surface area contributed by atoms with E-state index >= 15 is 0 Å². The van der Waals surface area contributed by atoms with Crippen molar-refractivity contribution in [2.75, 3.05) is 7.11 Å². The summed E-state index contributed by atoms with van der Waals surface area (Å²) in [4.78, 5) is 4.46. The van der Waals surface area contributed by atoms with Gasteiger partial charge in [0.05, 0.1) is 13.2 Å². The highest BCUT2D eigenvalue weighted by Gasteiger charge is 2.31. The van der Waals surface area contributed by atoms with Gasteiger partial charge in [-0.25, -0.2) is 4.39 Å². The third kappa shape index (κ3) is 5.00. The van der Waals surface area contributed by atoms with Crippen molar-refractivity contribution in [1.82, 2.24) is 5.32 Å². The molecule has 1 fully saturated rings. The molecule has 124 valence electrons. The predicted octanol–water partition coefficient (Wildman–Crippen LogP) is 3.40. The van der Waals surface area contributed by atoms with E-state index in [1.165, 1.54) is 7.11 Å². The minimum atomic E-state index is -0.309. The first-order valence-electron chi connectivity index (χ1n) is 7.23. The lowest BCUT2D eigenvalue weighted by molar-refractivity contribution is 0.347. The zero-order chi connectivity index (χ0) is 15.6. The maximum Gasteiger partial charge on any atom is 0.189 e. The molecule has 0 unspecified atom stereocenters. The van der Waals surface area contributed by atoms with Crippen molar-refractivity contribution in [2.45, 2.75) is 51.1 Å². The van der Waals surface area contributed by atoms with Crippen molar-refractivity contribution < 1.29 is 9.13 Å². The van der Waals surface area contributed by atoms with Gasteiger partial charge in [-0.3, -0.25) is 4.99 Å². The van der Waals surface area contributed by atoms with Crippen molar-refractivity contribution in [3.05, 3.63) is 29.6 Å². The Morgan fingerprint density at radius 2 is 2.00 bits per heavy atom. The van der Waals surface area contributed by atoms with Crippen LogP contribution in [-0.4, -0.2) is 24.7 Å². The molecule has 1 saturated carbocycles. The van der Waals surface area contributed by atoms with Crippen LogP contribution in [-0.2, 0) is 0 Å². The number of hydrogen-bond acceptors (Lipinski definition) is 2. The zero-order valence-corrected chi connectivity index (χ0v) is 15.9. The summed E-state index contributed by atoms with van der Waals surface area (Å²) in [5.74, 6) is 0.801. The third-order valence-electron chi connectivity index (χ3n) is 3.59. The highest BCUT2D eigenvalue weighted by molar-refractivity contribution is 14.0. The average molecular weight is 421 g/mol. The molecule has 1 aliphatic carbocycles. The Kier molecular flexibility index (Phi) is 6.46. The second-order valence-corrected chi connectivity index (χ2v) is 6.61. The molecule has 1 aromatic carbocycles. The molecular weight excluding hydrogens is 396 g/mol. The molecule has 0 heterocycles. The summed E-state index contributed by atoms with van der Waals surface area (Å²) in [6.45, 7) is 6.12. The minimum Gasteiger partial charge on any atom is -0.494 e. The number of rotatable bonds is 3. The highest BCUT2D eigenvalue weighted by atomic mass is 127. The van der Waals surface area contributed by atoms with Gasteiger partial charge in [0, 0.05) is 5.54 Å². The lowest BCUT2D eigenvalue weighted by Gasteiger charge is -2.34. The summed E-state index contributed by atoms with van der Waals surface area (Å²) >= 11 is 0. The second kappa shape index (κ2) is 7.48. The number of nitrogens with two attached hydrogens (primary N) is 1. The van der Waals surface area contributed by atoms with Gasteiger partial charge in [0.15, 0.2) is 17.5 Å². The van der Waals surface area contributed by atoms with E-state index in [1.807, 2.05) is 26.8 Å². The van der Waals surface area contributed by atoms with Gasteiger partial charge < -0.3 is 15.8 Å². The molecule has 0 saturated heterocycles. The van der Waals surface area contributed by atoms with Gasteiger partial charge >= 0.3 is 0 Å². The van der Waals surface area contributed by atoms with Gasteiger partial charge in [-0.2, -0.15) is 0 Å². The lowest BCUT2D eigenvalue weighted by Crippen LogP contribution is -2.46. The molecule has 0 amide bonds. The van der Waals surface area contributed by atoms with E-state index in [-0.39, 0.29) is 47.1 Å². The van der Waals surface area contributed by atoms with Crippen LogP contribution in [0.5, 0.6) is 5.75 Å². The molecule has 1 aliphatic rings. The molecule has 0 bridgehead atoms. The fourth-order valence-corrected chi connectivity index (χ4v) is 2.52. The summed E-state index contributed by atoms with van der Waals surface area (Å²) in [6, 6.07) is 5.37. The molecule has 0 aliphatic heterocycles. The zero-order valence-electron chi connectivity index (χ0n) is 13.5. The fraction of sp³-hybridized carbons (Fsp3) is 0.562. The van der Waals surface area contributed by atoms with Crippen LogP contribution in [0.15, 0.2) is 23.2 Å². The number of aliphatic imine (C=N–C) groups is 1. The smallest absolute Gasteiger partial charge is 0.189 e. The van der Waals surface area contributed by atoms with Crippen LogP contribution in [0.3, 0.4) is 0 Å². The number of hydrogen-bond donors (Lipinski definition) is 2. The first kappa shape index (κ1) is 19.0. The standard InChI is InChI=1S/C16H24FN3O.HI/c1-16(2,3)20-15(18)19-12-7-11(8-12)10-5-6-14(21-4)13(17)9-10;/h5-6,9,11-12H,7-8H2,1-4H3,(H3,18,19,20);1H. The molecule has 0 aromatic heterocycles. The van der Waals surface area contributed by atoms with E-state index in [2.05, 4.69) is 10.3 Å². The van der Waals surface area contributed by atoms with Crippen molar-refractivity contribution in [3.63, 3.8) is 0 Å². The predicted molar refractivity (Wildman–Crippen MR) is 98.6 cm³/mol. The Hall–Kier alpha value is -1.05. The van der Waals surface area contributed by atoms with Gasteiger partial charge in [0.2, 0.25) is 0 Å². The van der Waals surface area contributed by atoms with E-state index < -0.39 is 0 Å². The molecule has 0 spiro atoms. The molecule has 3 N–H and O–H groups in total. The first-order chi connectivity index (χ1) is 9.78. The second-order valence-electron chi connectivity index (χ2n) is 6.61. The fourth-order valence-electron chi connectivity index (χ4n) is 2.52. The Balaban J connectivity index is 0.00000242. The number of ether oxygens (including phenoxy) is 1. The number of nitrogens with one attached hydrogen (secondary N) is 1. The minimum absolute atomic E-state index is 0. The first-order valence-corrected chi connectivity index (χ1v) is 7.23. The SMILES string of the molecule is COc1ccc(C2CC(N=C(N)NC(C)(C)C)C2)cc1F.I. The van der Waals surface area contributed by atoms with Crippen molar-refractivity contribution in [2.24, 2.45) is 10.7 Å². The van der Waals surface area contributed by atoms with Crippen LogP contribution >= 0.6 is 24.0 Å². The van der Waals surface area contributed by atoms with Crippen LogP contribution in [0, 0.1) is 5.82 Å². The molecule has 1 aromatic rings. The van der Waals surface area contributed by atoms with Gasteiger partial charge in [-0.1, -0.05) is 6.07 Å². The molecule has 0 atom stereocenters. The molecule has 6 heteroatoms. The maximum atomic E-state index is 13.7. The highest BCUT2D eigenvalue weighted by Crippen LogP contribution is 2.39. The van der Waals surface area contributed by atoms with Gasteiger partial charge in [-0.15, -0.1) is 24.0 Å². The number of guanidine groups is 1. The van der Waals surface area contributed by atoms with Crippen LogP contribution in [0.1, 0.15) is 45.1 Å². The van der Waals surface area contributed by atoms with Gasteiger partial charge in [0.25, 0.3) is 0 Å². The molecule has 22 heavy (non-hydrogen) atoms. The quantitative estimate of drug-likeness (QED) is 0.447. The summed E-state index contributed by atoms with van der Waals surface area (Å²) < 4.78 is 18.6. The molecule has 4 nitrogen and oxygen atoms in total. The summed E-state index contributed by atoms with van der Waals surface area (Å²) in [6.07, 6.45) is 1.80. The van der Waals surface area contributed by atoms with Crippen molar-refractivity contribution in [1.29, 1.82) is 0 Å². The summed E-state index contributed by atoms with van der Waals surface area (Å²) in [5, 5.41) is 3.15. The van der Waals surface area contributed by atoms with Gasteiger partial charge in [-0.05, 0) is 57.2 Å². The van der Waals surface area contributed by atoms with E-state index in [0.29, 0.717) is 11.9 Å². The van der Waals surface area contributed by atoms with Crippen molar-refractivity contribution >= 4 is 29.9 Å². The van der Waals surface area contributed by atoms with Crippen LogP contribution in [0.4, 0.5) is 4.39 Å². The molecular formula is C16H25FIN3O. The van der Waals surface area contributed by atoms with Crippen molar-refractivity contribution in [3.8, 4) is 5.75 Å².